The van der Waals surface area contributed by atoms with E-state index in [4.69, 9.17) is 5.11 Å². The smallest absolute Gasteiger partial charge is 0.406 e. The molecule has 0 aliphatic rings. The van der Waals surface area contributed by atoms with Gasteiger partial charge in [-0.15, -0.1) is 10.2 Å². The summed E-state index contributed by atoms with van der Waals surface area (Å²) in [7, 11) is 1.27. The van der Waals surface area contributed by atoms with E-state index >= 15 is 0 Å². The number of hydrogen-bond acceptors (Lipinski definition) is 5. The van der Waals surface area contributed by atoms with Crippen LogP contribution in [0.1, 0.15) is 19.9 Å². The molecule has 20 heavy (non-hydrogen) atoms. The fourth-order valence-corrected chi connectivity index (χ4v) is 2.33. The van der Waals surface area contributed by atoms with Crippen molar-refractivity contribution in [1.29, 1.82) is 0 Å². The lowest BCUT2D eigenvalue weighted by molar-refractivity contribution is -0.134. The first kappa shape index (κ1) is 16.6. The highest BCUT2D eigenvalue weighted by molar-refractivity contribution is 7.99. The van der Waals surface area contributed by atoms with Gasteiger partial charge in [0.05, 0.1) is 5.75 Å². The molecule has 0 spiro atoms. The first-order valence-corrected chi connectivity index (χ1v) is 6.67. The predicted octanol–water partition coefficient (Wildman–Crippen LogP) is 2.03. The minimum atomic E-state index is -4.35. The van der Waals surface area contributed by atoms with Crippen LogP contribution in [0.4, 0.5) is 19.1 Å². The van der Waals surface area contributed by atoms with Crippen LogP contribution in [0.3, 0.4) is 0 Å². The molecule has 0 amide bonds. The molecule has 6 nitrogen and oxygen atoms in total. The number of thioether (sulfide) groups is 1. The van der Waals surface area contributed by atoms with Gasteiger partial charge in [-0.2, -0.15) is 13.2 Å². The van der Waals surface area contributed by atoms with E-state index < -0.39 is 18.7 Å². The number of aliphatic carboxylic acids is 1. The summed E-state index contributed by atoms with van der Waals surface area (Å²) in [5.41, 5.74) is 0. The molecule has 0 unspecified atom stereocenters. The molecule has 0 saturated carbocycles. The summed E-state index contributed by atoms with van der Waals surface area (Å²) in [5.74, 6) is -1.20. The summed E-state index contributed by atoms with van der Waals surface area (Å²) in [6.45, 7) is 2.37. The minimum absolute atomic E-state index is 0.0604. The molecule has 0 aromatic carbocycles. The Bertz CT molecular complexity index is 476. The zero-order valence-electron chi connectivity index (χ0n) is 11.2. The van der Waals surface area contributed by atoms with Gasteiger partial charge in [0.1, 0.15) is 6.54 Å². The van der Waals surface area contributed by atoms with Crippen LogP contribution in [0.25, 0.3) is 0 Å². The van der Waals surface area contributed by atoms with E-state index in [1.165, 1.54) is 11.6 Å². The molecule has 0 aliphatic carbocycles. The Morgan fingerprint density at radius 3 is 2.50 bits per heavy atom. The molecular weight excluding hydrogens is 297 g/mol. The first-order valence-electron chi connectivity index (χ1n) is 5.69. The number of rotatable bonds is 6. The number of carbonyl (C=O) groups is 1. The van der Waals surface area contributed by atoms with Gasteiger partial charge in [0.25, 0.3) is 0 Å². The van der Waals surface area contributed by atoms with Crippen LogP contribution in [0.15, 0.2) is 5.16 Å². The van der Waals surface area contributed by atoms with Crippen LogP contribution in [0.2, 0.25) is 0 Å². The molecule has 1 aromatic heterocycles. The maximum atomic E-state index is 12.4. The van der Waals surface area contributed by atoms with Crippen molar-refractivity contribution in [2.75, 3.05) is 24.2 Å². The first-order chi connectivity index (χ1) is 9.11. The van der Waals surface area contributed by atoms with E-state index in [1.807, 2.05) is 0 Å². The fourth-order valence-electron chi connectivity index (χ4n) is 1.55. The summed E-state index contributed by atoms with van der Waals surface area (Å²) in [5, 5.41) is 16.4. The zero-order valence-corrected chi connectivity index (χ0v) is 12.0. The molecule has 114 valence electrons. The minimum Gasteiger partial charge on any atom is -0.481 e. The molecule has 0 saturated heterocycles. The molecule has 1 heterocycles. The zero-order chi connectivity index (χ0) is 15.5. The Morgan fingerprint density at radius 2 is 2.05 bits per heavy atom. The SMILES string of the molecule is CC(C)n1c(SCC(=O)O)nnc1N(C)CC(F)(F)F. The van der Waals surface area contributed by atoms with Crippen LogP contribution in [-0.4, -0.2) is 51.4 Å². The third-order valence-electron chi connectivity index (χ3n) is 2.25. The summed E-state index contributed by atoms with van der Waals surface area (Å²) in [6.07, 6.45) is -4.35. The molecule has 1 rings (SSSR count). The van der Waals surface area contributed by atoms with Crippen molar-refractivity contribution < 1.29 is 23.1 Å². The standard InChI is InChI=1S/C10H15F3N4O2S/c1-6(2)17-8(16(3)5-10(11,12)13)14-15-9(17)20-4-7(18)19/h6H,4-5H2,1-3H3,(H,18,19). The van der Waals surface area contributed by atoms with Crippen LogP contribution in [0, 0.1) is 0 Å². The van der Waals surface area contributed by atoms with Crippen LogP contribution >= 0.6 is 11.8 Å². The lowest BCUT2D eigenvalue weighted by atomic mass is 10.4. The van der Waals surface area contributed by atoms with Crippen molar-refractivity contribution in [3.05, 3.63) is 0 Å². The topological polar surface area (TPSA) is 71.2 Å². The number of alkyl halides is 3. The Kier molecular flexibility index (Phi) is 5.26. The number of aromatic nitrogens is 3. The van der Waals surface area contributed by atoms with Gasteiger partial charge in [0.15, 0.2) is 5.16 Å². The van der Waals surface area contributed by atoms with Crippen molar-refractivity contribution in [1.82, 2.24) is 14.8 Å². The Balaban J connectivity index is 2.99. The van der Waals surface area contributed by atoms with Crippen molar-refractivity contribution in [3.8, 4) is 0 Å². The van der Waals surface area contributed by atoms with Crippen molar-refractivity contribution in [2.45, 2.75) is 31.2 Å². The molecule has 10 heteroatoms. The molecule has 0 radical (unpaired) electrons. The van der Waals surface area contributed by atoms with Gasteiger partial charge in [0.2, 0.25) is 5.95 Å². The number of carboxylic acids is 1. The van der Waals surface area contributed by atoms with E-state index in [9.17, 15) is 18.0 Å². The second-order valence-corrected chi connectivity index (χ2v) is 5.34. The Hall–Kier alpha value is -1.45. The summed E-state index contributed by atoms with van der Waals surface area (Å²) >= 11 is 0.922. The van der Waals surface area contributed by atoms with Crippen LogP contribution in [0.5, 0.6) is 0 Å². The summed E-state index contributed by atoms with van der Waals surface area (Å²) < 4.78 is 38.7. The van der Waals surface area contributed by atoms with Gasteiger partial charge < -0.3 is 10.0 Å². The van der Waals surface area contributed by atoms with Crippen LogP contribution < -0.4 is 4.90 Å². The highest BCUT2D eigenvalue weighted by atomic mass is 32.2. The fraction of sp³-hybridized carbons (Fsp3) is 0.700. The second-order valence-electron chi connectivity index (χ2n) is 4.40. The highest BCUT2D eigenvalue weighted by Gasteiger charge is 2.31. The maximum absolute atomic E-state index is 12.4. The maximum Gasteiger partial charge on any atom is 0.406 e. The van der Waals surface area contributed by atoms with Gasteiger partial charge in [-0.3, -0.25) is 9.36 Å². The number of anilines is 1. The largest absolute Gasteiger partial charge is 0.481 e. The number of nitrogens with zero attached hydrogens (tertiary/aromatic N) is 4. The van der Waals surface area contributed by atoms with Gasteiger partial charge >= 0.3 is 12.1 Å². The Labute approximate surface area is 118 Å². The molecule has 0 bridgehead atoms. The van der Waals surface area contributed by atoms with Gasteiger partial charge in [-0.25, -0.2) is 0 Å². The van der Waals surface area contributed by atoms with Crippen molar-refractivity contribution >= 4 is 23.7 Å². The van der Waals surface area contributed by atoms with Gasteiger partial charge in [-0.1, -0.05) is 11.8 Å². The third kappa shape index (κ3) is 4.58. The van der Waals surface area contributed by atoms with E-state index in [-0.39, 0.29) is 22.9 Å². The Morgan fingerprint density at radius 1 is 1.45 bits per heavy atom. The molecule has 0 atom stereocenters. The monoisotopic (exact) mass is 312 g/mol. The second kappa shape index (κ2) is 6.33. The van der Waals surface area contributed by atoms with Crippen molar-refractivity contribution in [3.63, 3.8) is 0 Å². The lowest BCUT2D eigenvalue weighted by Gasteiger charge is -2.22. The highest BCUT2D eigenvalue weighted by Crippen LogP contribution is 2.27. The van der Waals surface area contributed by atoms with Crippen LogP contribution in [-0.2, 0) is 4.79 Å². The molecule has 1 aromatic rings. The predicted molar refractivity (Wildman–Crippen MR) is 68.1 cm³/mol. The van der Waals surface area contributed by atoms with Gasteiger partial charge in [0, 0.05) is 13.1 Å². The number of hydrogen-bond donors (Lipinski definition) is 1. The third-order valence-corrected chi connectivity index (χ3v) is 3.17. The lowest BCUT2D eigenvalue weighted by Crippen LogP contribution is -2.33. The molecule has 0 fully saturated rings. The van der Waals surface area contributed by atoms with E-state index in [1.54, 1.807) is 13.8 Å². The number of carboxylic acid groups (broad SMARTS) is 1. The molecule has 0 aliphatic heterocycles. The molecular formula is C10H15F3N4O2S. The normalized spacial score (nSPS) is 11.9. The summed E-state index contributed by atoms with van der Waals surface area (Å²) in [4.78, 5) is 11.5. The van der Waals surface area contributed by atoms with E-state index in [0.29, 0.717) is 0 Å². The summed E-state index contributed by atoms with van der Waals surface area (Å²) in [6, 6.07) is -0.188. The number of halogens is 3. The van der Waals surface area contributed by atoms with E-state index in [2.05, 4.69) is 10.2 Å². The quantitative estimate of drug-likeness (QED) is 0.811. The molecule has 1 N–H and O–H groups in total. The van der Waals surface area contributed by atoms with E-state index in [0.717, 1.165) is 16.7 Å². The average molecular weight is 312 g/mol. The van der Waals surface area contributed by atoms with Gasteiger partial charge in [-0.05, 0) is 13.8 Å². The average Bonchev–Trinajstić information content (AvgIpc) is 2.67. The van der Waals surface area contributed by atoms with Crippen molar-refractivity contribution in [2.24, 2.45) is 0 Å².